The zero-order valence-electron chi connectivity index (χ0n) is 6.97. The van der Waals surface area contributed by atoms with Crippen LogP contribution in [0.3, 0.4) is 0 Å². The van der Waals surface area contributed by atoms with Crippen molar-refractivity contribution in [3.63, 3.8) is 0 Å². The van der Waals surface area contributed by atoms with E-state index in [1.807, 2.05) is 0 Å². The first kappa shape index (κ1) is 7.97. The quantitative estimate of drug-likeness (QED) is 0.548. The van der Waals surface area contributed by atoms with Crippen molar-refractivity contribution >= 4 is 9.39 Å². The molecule has 0 aliphatic carbocycles. The van der Waals surface area contributed by atoms with E-state index in [1.54, 1.807) is 0 Å². The smallest absolute Gasteiger partial charge is 0.0206 e. The van der Waals surface area contributed by atoms with E-state index < -0.39 is 0 Å². The summed E-state index contributed by atoms with van der Waals surface area (Å²) in [6.45, 7) is 3.75. The Labute approximate surface area is 71.0 Å². The topological polar surface area (TPSA) is 15.3 Å². The number of nitrogens with zero attached hydrogens (tertiary/aromatic N) is 1. The van der Waals surface area contributed by atoms with E-state index in [9.17, 15) is 0 Å². The molecule has 1 spiro atoms. The van der Waals surface area contributed by atoms with Gasteiger partial charge in [0.15, 0.2) is 0 Å². The van der Waals surface area contributed by atoms with Crippen LogP contribution in [0, 0.1) is 0 Å². The van der Waals surface area contributed by atoms with E-state index >= 15 is 0 Å². The van der Waals surface area contributed by atoms with Gasteiger partial charge in [-0.15, -0.1) is 0 Å². The molecule has 2 atom stereocenters. The minimum Gasteiger partial charge on any atom is -0.311 e. The first-order valence-corrected chi connectivity index (χ1v) is 5.07. The minimum absolute atomic E-state index is 0.561. The summed E-state index contributed by atoms with van der Waals surface area (Å²) in [4.78, 5) is 0. The highest BCUT2D eigenvalue weighted by molar-refractivity contribution is 7.13. The van der Waals surface area contributed by atoms with E-state index in [1.165, 1.54) is 45.3 Å². The zero-order valence-corrected chi connectivity index (χ0v) is 8.13. The Balaban J connectivity index is 1.92. The van der Waals surface area contributed by atoms with Gasteiger partial charge in [-0.25, -0.2) is 0 Å². The predicted molar refractivity (Wildman–Crippen MR) is 50.5 cm³/mol. The molecule has 0 aromatic carbocycles. The predicted octanol–water partition coefficient (Wildman–Crippen LogP) is 0.994. The molecule has 2 fully saturated rings. The summed E-state index contributed by atoms with van der Waals surface area (Å²) < 4.78 is 2.37. The van der Waals surface area contributed by atoms with Crippen LogP contribution in [0.15, 0.2) is 0 Å². The minimum atomic E-state index is 0.561. The lowest BCUT2D eigenvalue weighted by molar-refractivity contribution is 0.183. The highest BCUT2D eigenvalue weighted by Crippen LogP contribution is 2.31. The Morgan fingerprint density at radius 1 is 1.18 bits per heavy atom. The van der Waals surface area contributed by atoms with Crippen molar-refractivity contribution in [3.05, 3.63) is 0 Å². The molecule has 2 rings (SSSR count). The molecular weight excluding hydrogens is 155 g/mol. The summed E-state index contributed by atoms with van der Waals surface area (Å²) in [5.41, 5.74) is 0.561. The molecule has 0 aromatic rings. The number of hydrogen-bond acceptors (Lipinski definition) is 2. The van der Waals surface area contributed by atoms with Gasteiger partial charge in [-0.1, -0.05) is 9.39 Å². The normalized spacial score (nSPS) is 40.1. The lowest BCUT2D eigenvalue weighted by atomic mass is 9.81. The molecule has 2 aliphatic rings. The lowest BCUT2D eigenvalue weighted by Crippen LogP contribution is -2.57. The van der Waals surface area contributed by atoms with Crippen molar-refractivity contribution in [3.8, 4) is 0 Å². The second-order valence-electron chi connectivity index (χ2n) is 3.85. The molecular formula is C8H17N2P. The fourth-order valence-corrected chi connectivity index (χ4v) is 2.43. The fourth-order valence-electron chi connectivity index (χ4n) is 2.12. The highest BCUT2D eigenvalue weighted by Gasteiger charge is 2.36. The van der Waals surface area contributed by atoms with Gasteiger partial charge in [0.1, 0.15) is 0 Å². The van der Waals surface area contributed by atoms with Crippen LogP contribution in [-0.2, 0) is 0 Å². The average molecular weight is 172 g/mol. The van der Waals surface area contributed by atoms with Gasteiger partial charge in [0.2, 0.25) is 0 Å². The fraction of sp³-hybridized carbons (Fsp3) is 1.00. The van der Waals surface area contributed by atoms with Crippen LogP contribution in [0.2, 0.25) is 0 Å². The van der Waals surface area contributed by atoms with Crippen molar-refractivity contribution in [2.45, 2.75) is 31.2 Å². The van der Waals surface area contributed by atoms with Crippen molar-refractivity contribution in [1.29, 1.82) is 0 Å². The first-order chi connectivity index (χ1) is 5.31. The summed E-state index contributed by atoms with van der Waals surface area (Å²) in [6, 6.07) is 0. The zero-order chi connectivity index (χ0) is 7.73. The van der Waals surface area contributed by atoms with Gasteiger partial charge in [-0.05, 0) is 32.2 Å². The monoisotopic (exact) mass is 172 g/mol. The molecule has 64 valence electrons. The van der Waals surface area contributed by atoms with Gasteiger partial charge in [-0.3, -0.25) is 4.67 Å². The molecule has 2 nitrogen and oxygen atoms in total. The Hall–Kier alpha value is 0.350. The van der Waals surface area contributed by atoms with Crippen molar-refractivity contribution < 1.29 is 0 Å². The molecule has 3 heteroatoms. The standard InChI is InChI=1S/C8H17N2P/c11-10-6-1-2-8(4-7-10)3-5-9-8/h9H,1-7,11H2. The van der Waals surface area contributed by atoms with Crippen LogP contribution in [0.25, 0.3) is 0 Å². The Kier molecular flexibility index (Phi) is 2.18. The van der Waals surface area contributed by atoms with Gasteiger partial charge in [0.05, 0.1) is 0 Å². The molecule has 0 aromatic heterocycles. The summed E-state index contributed by atoms with van der Waals surface area (Å²) >= 11 is 0. The highest BCUT2D eigenvalue weighted by atomic mass is 31.0. The van der Waals surface area contributed by atoms with Gasteiger partial charge in [0.25, 0.3) is 0 Å². The van der Waals surface area contributed by atoms with Gasteiger partial charge < -0.3 is 5.32 Å². The van der Waals surface area contributed by atoms with Gasteiger partial charge in [0, 0.05) is 18.6 Å². The maximum Gasteiger partial charge on any atom is 0.0206 e. The van der Waals surface area contributed by atoms with Crippen LogP contribution in [0.1, 0.15) is 25.7 Å². The van der Waals surface area contributed by atoms with E-state index in [2.05, 4.69) is 19.4 Å². The third-order valence-corrected chi connectivity index (χ3v) is 3.60. The maximum absolute atomic E-state index is 3.59. The van der Waals surface area contributed by atoms with Crippen LogP contribution in [0.4, 0.5) is 0 Å². The molecule has 2 aliphatic heterocycles. The largest absolute Gasteiger partial charge is 0.311 e. The number of rotatable bonds is 0. The molecule has 2 saturated heterocycles. The maximum atomic E-state index is 3.59. The lowest BCUT2D eigenvalue weighted by Gasteiger charge is -2.43. The van der Waals surface area contributed by atoms with E-state index in [4.69, 9.17) is 0 Å². The molecule has 1 N–H and O–H groups in total. The molecule has 0 radical (unpaired) electrons. The Morgan fingerprint density at radius 3 is 2.64 bits per heavy atom. The molecule has 11 heavy (non-hydrogen) atoms. The van der Waals surface area contributed by atoms with Crippen LogP contribution in [0.5, 0.6) is 0 Å². The molecule has 0 amide bonds. The third-order valence-electron chi connectivity index (χ3n) is 3.08. The summed E-state index contributed by atoms with van der Waals surface area (Å²) in [6.07, 6.45) is 5.50. The first-order valence-electron chi connectivity index (χ1n) is 4.55. The number of hydrogen-bond donors (Lipinski definition) is 1. The summed E-state index contributed by atoms with van der Waals surface area (Å²) in [5.74, 6) is 0. The molecule has 0 bridgehead atoms. The SMILES string of the molecule is PN1CCCC2(CCN2)CC1. The van der Waals surface area contributed by atoms with E-state index in [0.717, 1.165) is 0 Å². The Bertz CT molecular complexity index is 145. The summed E-state index contributed by atoms with van der Waals surface area (Å²) in [5, 5.41) is 3.59. The summed E-state index contributed by atoms with van der Waals surface area (Å²) in [7, 11) is 2.82. The van der Waals surface area contributed by atoms with Gasteiger partial charge in [-0.2, -0.15) is 0 Å². The van der Waals surface area contributed by atoms with E-state index in [-0.39, 0.29) is 0 Å². The van der Waals surface area contributed by atoms with E-state index in [0.29, 0.717) is 5.54 Å². The molecule has 0 saturated carbocycles. The average Bonchev–Trinajstić information content (AvgIpc) is 2.09. The Morgan fingerprint density at radius 2 is 2.00 bits per heavy atom. The number of nitrogens with one attached hydrogen (secondary N) is 1. The van der Waals surface area contributed by atoms with Crippen LogP contribution >= 0.6 is 9.39 Å². The van der Waals surface area contributed by atoms with Crippen molar-refractivity contribution in [1.82, 2.24) is 9.99 Å². The van der Waals surface area contributed by atoms with Crippen LogP contribution < -0.4 is 5.32 Å². The second-order valence-corrected chi connectivity index (χ2v) is 4.58. The second kappa shape index (κ2) is 3.01. The van der Waals surface area contributed by atoms with Gasteiger partial charge >= 0.3 is 0 Å². The van der Waals surface area contributed by atoms with Crippen molar-refractivity contribution in [2.75, 3.05) is 19.6 Å². The third kappa shape index (κ3) is 1.58. The molecule has 2 heterocycles. The van der Waals surface area contributed by atoms with Crippen molar-refractivity contribution in [2.24, 2.45) is 0 Å². The molecule has 2 unspecified atom stereocenters. The van der Waals surface area contributed by atoms with Crippen LogP contribution in [-0.4, -0.2) is 29.8 Å².